The smallest absolute Gasteiger partial charge is 0.331 e. The molecule has 7 nitrogen and oxygen atoms in total. The summed E-state index contributed by atoms with van der Waals surface area (Å²) in [6, 6.07) is 3.03. The van der Waals surface area contributed by atoms with Crippen LogP contribution in [0.2, 0.25) is 0 Å². The number of rotatable bonds is 8. The van der Waals surface area contributed by atoms with E-state index in [1.54, 1.807) is 0 Å². The highest BCUT2D eigenvalue weighted by Gasteiger charge is 2.35. The molecular formula is C15H20BrNO6. The van der Waals surface area contributed by atoms with Crippen LogP contribution in [-0.2, 0) is 9.53 Å². The van der Waals surface area contributed by atoms with Crippen molar-refractivity contribution in [3.63, 3.8) is 0 Å². The maximum absolute atomic E-state index is 12.4. The van der Waals surface area contributed by atoms with E-state index in [2.05, 4.69) is 21.2 Å². The second-order valence-electron chi connectivity index (χ2n) is 4.95. The molecule has 0 bridgehead atoms. The van der Waals surface area contributed by atoms with Gasteiger partial charge in [0.25, 0.3) is 5.91 Å². The third-order valence-corrected chi connectivity index (χ3v) is 3.66. The topological polar surface area (TPSA) is 94.1 Å². The molecule has 0 aromatic heterocycles. The fraction of sp³-hybridized carbons (Fsp3) is 0.467. The highest BCUT2D eigenvalue weighted by atomic mass is 79.9. The van der Waals surface area contributed by atoms with Gasteiger partial charge in [0, 0.05) is 12.7 Å². The van der Waals surface area contributed by atoms with Crippen molar-refractivity contribution in [1.82, 2.24) is 5.32 Å². The van der Waals surface area contributed by atoms with Gasteiger partial charge in [-0.2, -0.15) is 0 Å². The fourth-order valence-electron chi connectivity index (χ4n) is 1.90. The summed E-state index contributed by atoms with van der Waals surface area (Å²) >= 11 is 3.32. The first kappa shape index (κ1) is 19.2. The number of carboxylic acid groups (broad SMARTS) is 1. The van der Waals surface area contributed by atoms with Gasteiger partial charge >= 0.3 is 5.97 Å². The summed E-state index contributed by atoms with van der Waals surface area (Å²) in [6.07, 6.45) is 0. The number of halogens is 1. The predicted molar refractivity (Wildman–Crippen MR) is 87.2 cm³/mol. The van der Waals surface area contributed by atoms with E-state index in [4.69, 9.17) is 14.2 Å². The first-order valence-corrected chi connectivity index (χ1v) is 7.63. The van der Waals surface area contributed by atoms with Crippen molar-refractivity contribution in [2.24, 2.45) is 0 Å². The van der Waals surface area contributed by atoms with Gasteiger partial charge in [-0.25, -0.2) is 4.79 Å². The van der Waals surface area contributed by atoms with Crippen molar-refractivity contribution in [2.75, 3.05) is 27.4 Å². The lowest BCUT2D eigenvalue weighted by atomic mass is 10.0. The van der Waals surface area contributed by atoms with E-state index in [0.717, 1.165) is 0 Å². The number of carbonyl (C=O) groups is 2. The molecule has 1 atom stereocenters. The Labute approximate surface area is 143 Å². The minimum Gasteiger partial charge on any atom is -0.493 e. The van der Waals surface area contributed by atoms with Gasteiger partial charge in [-0.3, -0.25) is 4.79 Å². The van der Waals surface area contributed by atoms with Crippen molar-refractivity contribution in [2.45, 2.75) is 19.4 Å². The van der Waals surface area contributed by atoms with Gasteiger partial charge in [0.15, 0.2) is 17.0 Å². The highest BCUT2D eigenvalue weighted by molar-refractivity contribution is 9.10. The molecule has 1 aromatic carbocycles. The second kappa shape index (κ2) is 8.16. The van der Waals surface area contributed by atoms with Crippen molar-refractivity contribution in [3.8, 4) is 11.5 Å². The average molecular weight is 390 g/mol. The number of ether oxygens (including phenoxy) is 3. The Morgan fingerprint density at radius 3 is 2.48 bits per heavy atom. The van der Waals surface area contributed by atoms with E-state index in [-0.39, 0.29) is 12.2 Å². The van der Waals surface area contributed by atoms with Crippen LogP contribution in [0.5, 0.6) is 11.5 Å². The zero-order chi connectivity index (χ0) is 17.6. The molecule has 0 aliphatic carbocycles. The molecule has 1 aromatic rings. The SMILES string of the molecule is CCOc1c(Br)cc(C(=O)NC(C)(COC)C(=O)O)cc1OC. The molecule has 128 valence electrons. The van der Waals surface area contributed by atoms with Crippen molar-refractivity contribution >= 4 is 27.8 Å². The van der Waals surface area contributed by atoms with Crippen LogP contribution in [0.3, 0.4) is 0 Å². The fourth-order valence-corrected chi connectivity index (χ4v) is 2.45. The van der Waals surface area contributed by atoms with Crippen LogP contribution in [0.4, 0.5) is 0 Å². The maximum Gasteiger partial charge on any atom is 0.331 e. The Morgan fingerprint density at radius 2 is 2.00 bits per heavy atom. The van der Waals surface area contributed by atoms with Gasteiger partial charge < -0.3 is 24.6 Å². The minimum atomic E-state index is -1.54. The number of hydrogen-bond donors (Lipinski definition) is 2. The van der Waals surface area contributed by atoms with Gasteiger partial charge in [0.05, 0.1) is 24.8 Å². The van der Waals surface area contributed by atoms with Crippen LogP contribution in [0.1, 0.15) is 24.2 Å². The van der Waals surface area contributed by atoms with Crippen LogP contribution < -0.4 is 14.8 Å². The Kier molecular flexibility index (Phi) is 6.83. The van der Waals surface area contributed by atoms with Gasteiger partial charge in [-0.15, -0.1) is 0 Å². The second-order valence-corrected chi connectivity index (χ2v) is 5.80. The highest BCUT2D eigenvalue weighted by Crippen LogP contribution is 2.36. The maximum atomic E-state index is 12.4. The van der Waals surface area contributed by atoms with Crippen molar-refractivity contribution in [1.29, 1.82) is 0 Å². The van der Waals surface area contributed by atoms with Gasteiger partial charge in [-0.05, 0) is 41.9 Å². The Balaban J connectivity index is 3.13. The quantitative estimate of drug-likeness (QED) is 0.706. The molecule has 23 heavy (non-hydrogen) atoms. The summed E-state index contributed by atoms with van der Waals surface area (Å²) in [5, 5.41) is 11.7. The first-order chi connectivity index (χ1) is 10.8. The Bertz CT molecular complexity index is 592. The summed E-state index contributed by atoms with van der Waals surface area (Å²) in [7, 11) is 2.82. The van der Waals surface area contributed by atoms with E-state index in [9.17, 15) is 14.7 Å². The number of carboxylic acids is 1. The third-order valence-electron chi connectivity index (χ3n) is 3.07. The van der Waals surface area contributed by atoms with E-state index in [1.807, 2.05) is 6.92 Å². The lowest BCUT2D eigenvalue weighted by Crippen LogP contribution is -2.55. The third kappa shape index (κ3) is 4.59. The molecule has 1 rings (SSSR count). The molecule has 0 heterocycles. The molecule has 0 saturated carbocycles. The van der Waals surface area contributed by atoms with E-state index < -0.39 is 17.4 Å². The van der Waals surface area contributed by atoms with Crippen LogP contribution >= 0.6 is 15.9 Å². The molecule has 0 aliphatic heterocycles. The number of aliphatic carboxylic acids is 1. The summed E-state index contributed by atoms with van der Waals surface area (Å²) < 4.78 is 16.1. The zero-order valence-electron chi connectivity index (χ0n) is 13.4. The van der Waals surface area contributed by atoms with Gasteiger partial charge in [0.2, 0.25) is 0 Å². The number of methoxy groups -OCH3 is 2. The van der Waals surface area contributed by atoms with E-state index in [0.29, 0.717) is 22.6 Å². The first-order valence-electron chi connectivity index (χ1n) is 6.84. The molecule has 8 heteroatoms. The summed E-state index contributed by atoms with van der Waals surface area (Å²) in [6.45, 7) is 3.47. The summed E-state index contributed by atoms with van der Waals surface area (Å²) in [4.78, 5) is 23.7. The van der Waals surface area contributed by atoms with Crippen LogP contribution in [-0.4, -0.2) is 50.0 Å². The number of benzene rings is 1. The normalized spacial score (nSPS) is 13.1. The largest absolute Gasteiger partial charge is 0.493 e. The van der Waals surface area contributed by atoms with Crippen molar-refractivity contribution in [3.05, 3.63) is 22.2 Å². The molecular weight excluding hydrogens is 370 g/mol. The molecule has 2 N–H and O–H groups in total. The number of nitrogens with one attached hydrogen (secondary N) is 1. The Morgan fingerprint density at radius 1 is 1.35 bits per heavy atom. The molecule has 0 fully saturated rings. The van der Waals surface area contributed by atoms with Crippen LogP contribution in [0.25, 0.3) is 0 Å². The van der Waals surface area contributed by atoms with Gasteiger partial charge in [-0.1, -0.05) is 0 Å². The lowest BCUT2D eigenvalue weighted by molar-refractivity contribution is -0.145. The minimum absolute atomic E-state index is 0.163. The molecule has 1 amide bonds. The number of amides is 1. The molecule has 0 aliphatic rings. The summed E-state index contributed by atoms with van der Waals surface area (Å²) in [5.74, 6) is -0.904. The van der Waals surface area contributed by atoms with E-state index >= 15 is 0 Å². The number of carbonyl (C=O) groups excluding carboxylic acids is 1. The van der Waals surface area contributed by atoms with Crippen molar-refractivity contribution < 1.29 is 28.9 Å². The van der Waals surface area contributed by atoms with Crippen LogP contribution in [0.15, 0.2) is 16.6 Å². The monoisotopic (exact) mass is 389 g/mol. The standard InChI is InChI=1S/C15H20BrNO6/c1-5-23-12-10(16)6-9(7-11(12)22-4)13(18)17-15(2,8-21-3)14(19)20/h6-7H,5,8H2,1-4H3,(H,17,18)(H,19,20). The molecule has 0 radical (unpaired) electrons. The number of hydrogen-bond acceptors (Lipinski definition) is 5. The van der Waals surface area contributed by atoms with E-state index in [1.165, 1.54) is 33.3 Å². The molecule has 1 unspecified atom stereocenters. The van der Waals surface area contributed by atoms with Crippen LogP contribution in [0, 0.1) is 0 Å². The zero-order valence-corrected chi connectivity index (χ0v) is 15.0. The predicted octanol–water partition coefficient (Wildman–Crippen LogP) is 2.08. The summed E-state index contributed by atoms with van der Waals surface area (Å²) in [5.41, 5.74) is -1.30. The average Bonchev–Trinajstić information content (AvgIpc) is 2.49. The Hall–Kier alpha value is -1.80. The van der Waals surface area contributed by atoms with Gasteiger partial charge in [0.1, 0.15) is 0 Å². The lowest BCUT2D eigenvalue weighted by Gasteiger charge is -2.25. The molecule has 0 saturated heterocycles. The molecule has 0 spiro atoms.